The van der Waals surface area contributed by atoms with Crippen LogP contribution in [-0.2, 0) is 6.42 Å². The molecule has 0 fully saturated rings. The van der Waals surface area contributed by atoms with Crippen LogP contribution < -0.4 is 0 Å². The van der Waals surface area contributed by atoms with Crippen LogP contribution in [-0.4, -0.2) is 15.8 Å². The number of aromatic nitrogens is 1. The molecule has 0 amide bonds. The van der Waals surface area contributed by atoms with Gasteiger partial charge >= 0.3 is 0 Å². The van der Waals surface area contributed by atoms with Crippen molar-refractivity contribution in [1.82, 2.24) is 4.98 Å². The minimum atomic E-state index is 0.226. The highest BCUT2D eigenvalue weighted by Gasteiger charge is 2.17. The van der Waals surface area contributed by atoms with E-state index in [4.69, 9.17) is 9.98 Å². The van der Waals surface area contributed by atoms with Crippen molar-refractivity contribution in [3.8, 4) is 39.4 Å². The standard InChI is InChI=1S/C37H34N2O/c1-23(2)29-18-30(24(3)4)20-31(19-29)25-15-16-37(40)32(21-25)35-14-8-13-34(38-35)26-10-7-11-27(17-26)36-22-28-9-5-6-12-33(28)39-36/h5-21,23-24,40H,22H2,1-4H3. The van der Waals surface area contributed by atoms with Crippen LogP contribution in [0.4, 0.5) is 5.69 Å². The first-order valence-corrected chi connectivity index (χ1v) is 14.1. The van der Waals surface area contributed by atoms with E-state index in [1.807, 2.05) is 30.3 Å². The van der Waals surface area contributed by atoms with E-state index >= 15 is 0 Å². The van der Waals surface area contributed by atoms with Crippen LogP contribution in [0.5, 0.6) is 5.75 Å². The number of hydrogen-bond acceptors (Lipinski definition) is 3. The predicted octanol–water partition coefficient (Wildman–Crippen LogP) is 9.71. The number of benzene rings is 4. The van der Waals surface area contributed by atoms with E-state index in [2.05, 4.69) is 94.4 Å². The molecule has 0 aliphatic carbocycles. The molecule has 3 heteroatoms. The minimum absolute atomic E-state index is 0.226. The lowest BCUT2D eigenvalue weighted by Crippen LogP contribution is -2.00. The number of hydrogen-bond donors (Lipinski definition) is 1. The first kappa shape index (κ1) is 25.8. The van der Waals surface area contributed by atoms with Crippen LogP contribution in [0.15, 0.2) is 108 Å². The van der Waals surface area contributed by atoms with Gasteiger partial charge in [0.1, 0.15) is 5.75 Å². The van der Waals surface area contributed by atoms with E-state index in [0.29, 0.717) is 11.8 Å². The second kappa shape index (κ2) is 10.6. The molecule has 0 saturated carbocycles. The monoisotopic (exact) mass is 522 g/mol. The molecule has 1 aliphatic heterocycles. The summed E-state index contributed by atoms with van der Waals surface area (Å²) in [4.78, 5) is 9.88. The topological polar surface area (TPSA) is 45.5 Å². The Bertz CT molecular complexity index is 1720. The summed E-state index contributed by atoms with van der Waals surface area (Å²) in [6.07, 6.45) is 0.838. The largest absolute Gasteiger partial charge is 0.507 e. The van der Waals surface area contributed by atoms with Gasteiger partial charge in [-0.3, -0.25) is 4.99 Å². The fourth-order valence-electron chi connectivity index (χ4n) is 5.34. The SMILES string of the molecule is CC(C)c1cc(-c2ccc(O)c(-c3cccc(-c4cccc(C5=Nc6ccccc6C5)c4)n3)c2)cc(C(C)C)c1. The van der Waals surface area contributed by atoms with Crippen molar-refractivity contribution in [2.75, 3.05) is 0 Å². The van der Waals surface area contributed by atoms with E-state index in [9.17, 15) is 5.11 Å². The van der Waals surface area contributed by atoms with Crippen molar-refractivity contribution in [2.45, 2.75) is 46.0 Å². The molecule has 198 valence electrons. The number of para-hydroxylation sites is 1. The minimum Gasteiger partial charge on any atom is -0.507 e. The maximum Gasteiger partial charge on any atom is 0.125 e. The zero-order valence-corrected chi connectivity index (χ0v) is 23.5. The van der Waals surface area contributed by atoms with Crippen LogP contribution in [0.25, 0.3) is 33.6 Å². The number of nitrogens with zero attached hydrogens (tertiary/aromatic N) is 2. The molecule has 2 heterocycles. The Morgan fingerprint density at radius 1 is 0.600 bits per heavy atom. The van der Waals surface area contributed by atoms with Gasteiger partial charge in [-0.2, -0.15) is 0 Å². The van der Waals surface area contributed by atoms with E-state index in [1.54, 1.807) is 6.07 Å². The Morgan fingerprint density at radius 2 is 1.30 bits per heavy atom. The van der Waals surface area contributed by atoms with Gasteiger partial charge in [-0.15, -0.1) is 0 Å². The van der Waals surface area contributed by atoms with Gasteiger partial charge in [-0.25, -0.2) is 4.98 Å². The predicted molar refractivity (Wildman–Crippen MR) is 167 cm³/mol. The Hall–Kier alpha value is -4.50. The lowest BCUT2D eigenvalue weighted by atomic mass is 9.90. The molecule has 3 nitrogen and oxygen atoms in total. The van der Waals surface area contributed by atoms with Crippen LogP contribution in [0.1, 0.15) is 61.8 Å². The lowest BCUT2D eigenvalue weighted by molar-refractivity contribution is 0.477. The molecule has 0 atom stereocenters. The summed E-state index contributed by atoms with van der Waals surface area (Å²) in [5.74, 6) is 1.10. The molecule has 1 aromatic heterocycles. The van der Waals surface area contributed by atoms with E-state index in [0.717, 1.165) is 51.5 Å². The third kappa shape index (κ3) is 5.08. The lowest BCUT2D eigenvalue weighted by Gasteiger charge is -2.16. The van der Waals surface area contributed by atoms with Gasteiger partial charge in [-0.05, 0) is 81.6 Å². The first-order chi connectivity index (χ1) is 19.4. The molecule has 0 bridgehead atoms. The zero-order valence-electron chi connectivity index (χ0n) is 23.5. The number of aliphatic imine (C=N–C) groups is 1. The second-order valence-electron chi connectivity index (χ2n) is 11.3. The molecular formula is C37H34N2O. The summed E-state index contributed by atoms with van der Waals surface area (Å²) in [5.41, 5.74) is 12.8. The number of aromatic hydroxyl groups is 1. The Labute approximate surface area is 236 Å². The van der Waals surface area contributed by atoms with Gasteiger partial charge in [0.25, 0.3) is 0 Å². The maximum atomic E-state index is 10.9. The van der Waals surface area contributed by atoms with E-state index in [-0.39, 0.29) is 5.75 Å². The Kier molecular flexibility index (Phi) is 6.81. The molecule has 5 aromatic rings. The summed E-state index contributed by atoms with van der Waals surface area (Å²) in [5, 5.41) is 10.9. The molecular weight excluding hydrogens is 488 g/mol. The highest BCUT2D eigenvalue weighted by Crippen LogP contribution is 2.36. The van der Waals surface area contributed by atoms with Crippen LogP contribution in [0, 0.1) is 0 Å². The molecule has 0 unspecified atom stereocenters. The fraction of sp³-hybridized carbons (Fsp3) is 0.189. The van der Waals surface area contributed by atoms with Crippen LogP contribution in [0.3, 0.4) is 0 Å². The number of phenolic OH excluding ortho intramolecular Hbond substituents is 1. The smallest absolute Gasteiger partial charge is 0.125 e. The number of phenols is 1. The van der Waals surface area contributed by atoms with Crippen LogP contribution in [0.2, 0.25) is 0 Å². The molecule has 0 radical (unpaired) electrons. The second-order valence-corrected chi connectivity index (χ2v) is 11.3. The first-order valence-electron chi connectivity index (χ1n) is 14.1. The van der Waals surface area contributed by atoms with E-state index in [1.165, 1.54) is 22.3 Å². The third-order valence-corrected chi connectivity index (χ3v) is 7.76. The third-order valence-electron chi connectivity index (χ3n) is 7.76. The fourth-order valence-corrected chi connectivity index (χ4v) is 5.34. The summed E-state index contributed by atoms with van der Waals surface area (Å²) in [7, 11) is 0. The summed E-state index contributed by atoms with van der Waals surface area (Å²) >= 11 is 0. The maximum absolute atomic E-state index is 10.9. The summed E-state index contributed by atoms with van der Waals surface area (Å²) in [6.45, 7) is 8.92. The number of fused-ring (bicyclic) bond motifs is 1. The molecule has 1 N–H and O–H groups in total. The highest BCUT2D eigenvalue weighted by molar-refractivity contribution is 6.07. The molecule has 1 aliphatic rings. The molecule has 0 saturated heterocycles. The van der Waals surface area contributed by atoms with Crippen molar-refractivity contribution >= 4 is 11.4 Å². The number of pyridine rings is 1. The van der Waals surface area contributed by atoms with Crippen molar-refractivity contribution in [1.29, 1.82) is 0 Å². The average Bonchev–Trinajstić information content (AvgIpc) is 3.42. The molecule has 6 rings (SSSR count). The van der Waals surface area contributed by atoms with Gasteiger partial charge < -0.3 is 5.11 Å². The van der Waals surface area contributed by atoms with Crippen molar-refractivity contribution < 1.29 is 5.11 Å². The summed E-state index contributed by atoms with van der Waals surface area (Å²) < 4.78 is 0. The number of rotatable bonds is 6. The highest BCUT2D eigenvalue weighted by atomic mass is 16.3. The van der Waals surface area contributed by atoms with Gasteiger partial charge in [0, 0.05) is 17.5 Å². The van der Waals surface area contributed by atoms with Crippen molar-refractivity contribution in [3.05, 3.63) is 125 Å². The van der Waals surface area contributed by atoms with Gasteiger partial charge in [0.15, 0.2) is 0 Å². The van der Waals surface area contributed by atoms with Gasteiger partial charge in [-0.1, -0.05) is 94.4 Å². The van der Waals surface area contributed by atoms with Gasteiger partial charge in [0.05, 0.1) is 22.8 Å². The normalized spacial score (nSPS) is 12.6. The Morgan fingerprint density at radius 3 is 2.05 bits per heavy atom. The molecule has 40 heavy (non-hydrogen) atoms. The van der Waals surface area contributed by atoms with Crippen LogP contribution >= 0.6 is 0 Å². The zero-order chi connectivity index (χ0) is 27.8. The summed E-state index contributed by atoms with van der Waals surface area (Å²) in [6, 6.07) is 35.4. The van der Waals surface area contributed by atoms with Crippen molar-refractivity contribution in [2.24, 2.45) is 4.99 Å². The van der Waals surface area contributed by atoms with Crippen molar-refractivity contribution in [3.63, 3.8) is 0 Å². The van der Waals surface area contributed by atoms with E-state index < -0.39 is 0 Å². The van der Waals surface area contributed by atoms with Gasteiger partial charge in [0.2, 0.25) is 0 Å². The molecule has 0 spiro atoms. The quantitative estimate of drug-likeness (QED) is 0.241. The molecule has 4 aromatic carbocycles. The average molecular weight is 523 g/mol. The Balaban J connectivity index is 1.36.